The Morgan fingerprint density at radius 2 is 1.80 bits per heavy atom. The molecule has 128 valence electrons. The highest BCUT2D eigenvalue weighted by Gasteiger charge is 2.15. The molecular weight excluding hydrogens is 318 g/mol. The van der Waals surface area contributed by atoms with Crippen LogP contribution in [0.2, 0.25) is 0 Å². The van der Waals surface area contributed by atoms with Gasteiger partial charge in [0.2, 0.25) is 5.91 Å². The topological polar surface area (TPSA) is 81.9 Å². The van der Waals surface area contributed by atoms with Crippen LogP contribution in [0.1, 0.15) is 17.2 Å². The lowest BCUT2D eigenvalue weighted by Crippen LogP contribution is -2.34. The first-order valence-electron chi connectivity index (χ1n) is 7.98. The average molecular weight is 337 g/mol. The Morgan fingerprint density at radius 3 is 2.48 bits per heavy atom. The highest BCUT2D eigenvalue weighted by Crippen LogP contribution is 2.14. The number of hydrogen-bond acceptors (Lipinski definition) is 5. The zero-order valence-electron chi connectivity index (χ0n) is 13.7. The largest absolute Gasteiger partial charge is 0.374 e. The SMILES string of the molecule is O=C(Cn1cnnn1)N[C@H](COCc1ccccc1)c1ccccc1. The van der Waals surface area contributed by atoms with E-state index in [1.54, 1.807) is 0 Å². The van der Waals surface area contributed by atoms with E-state index in [0.29, 0.717) is 13.2 Å². The quantitative estimate of drug-likeness (QED) is 0.677. The summed E-state index contributed by atoms with van der Waals surface area (Å²) < 4.78 is 7.19. The van der Waals surface area contributed by atoms with Crippen molar-refractivity contribution < 1.29 is 9.53 Å². The van der Waals surface area contributed by atoms with Crippen molar-refractivity contribution >= 4 is 5.91 Å². The fourth-order valence-corrected chi connectivity index (χ4v) is 2.42. The third-order valence-corrected chi connectivity index (χ3v) is 3.63. The zero-order valence-corrected chi connectivity index (χ0v) is 13.7. The number of hydrogen-bond donors (Lipinski definition) is 1. The number of tetrazole rings is 1. The molecule has 0 fully saturated rings. The molecule has 0 aliphatic carbocycles. The van der Waals surface area contributed by atoms with Gasteiger partial charge in [0, 0.05) is 0 Å². The maximum atomic E-state index is 12.2. The molecule has 0 aliphatic rings. The van der Waals surface area contributed by atoms with Crippen LogP contribution >= 0.6 is 0 Å². The van der Waals surface area contributed by atoms with E-state index in [-0.39, 0.29) is 18.5 Å². The van der Waals surface area contributed by atoms with Crippen molar-refractivity contribution in [3.05, 3.63) is 78.1 Å². The van der Waals surface area contributed by atoms with Crippen LogP contribution in [0.4, 0.5) is 0 Å². The standard InChI is InChI=1S/C18H19N5O2/c24-18(11-23-14-19-21-22-23)20-17(16-9-5-2-6-10-16)13-25-12-15-7-3-1-4-8-15/h1-10,14,17H,11-13H2,(H,20,24)/t17-/m1/s1. The van der Waals surface area contributed by atoms with Crippen molar-refractivity contribution in [3.8, 4) is 0 Å². The molecule has 0 radical (unpaired) electrons. The summed E-state index contributed by atoms with van der Waals surface area (Å²) in [6.07, 6.45) is 1.41. The van der Waals surface area contributed by atoms with Crippen molar-refractivity contribution in [2.24, 2.45) is 0 Å². The summed E-state index contributed by atoms with van der Waals surface area (Å²) in [6, 6.07) is 19.4. The van der Waals surface area contributed by atoms with Crippen LogP contribution in [0.3, 0.4) is 0 Å². The highest BCUT2D eigenvalue weighted by atomic mass is 16.5. The lowest BCUT2D eigenvalue weighted by atomic mass is 10.1. The monoisotopic (exact) mass is 337 g/mol. The smallest absolute Gasteiger partial charge is 0.242 e. The van der Waals surface area contributed by atoms with E-state index < -0.39 is 0 Å². The van der Waals surface area contributed by atoms with Gasteiger partial charge >= 0.3 is 0 Å². The molecular formula is C18H19N5O2. The minimum absolute atomic E-state index is 0.0645. The molecule has 1 aromatic heterocycles. The Labute approximate surface area is 145 Å². The molecule has 0 unspecified atom stereocenters. The summed E-state index contributed by atoms with van der Waals surface area (Å²) >= 11 is 0. The van der Waals surface area contributed by atoms with Gasteiger partial charge in [-0.2, -0.15) is 0 Å². The fourth-order valence-electron chi connectivity index (χ4n) is 2.42. The summed E-state index contributed by atoms with van der Waals surface area (Å²) in [5.41, 5.74) is 2.08. The molecule has 0 spiro atoms. The Morgan fingerprint density at radius 1 is 1.08 bits per heavy atom. The van der Waals surface area contributed by atoms with Crippen LogP contribution in [0.15, 0.2) is 67.0 Å². The molecule has 1 N–H and O–H groups in total. The molecule has 7 nitrogen and oxygen atoms in total. The molecule has 0 saturated heterocycles. The number of carbonyl (C=O) groups is 1. The average Bonchev–Trinajstić information content (AvgIpc) is 3.15. The lowest BCUT2D eigenvalue weighted by Gasteiger charge is -2.19. The first-order valence-corrected chi connectivity index (χ1v) is 7.98. The summed E-state index contributed by atoms with van der Waals surface area (Å²) in [4.78, 5) is 12.2. The van der Waals surface area contributed by atoms with Gasteiger partial charge in [-0.1, -0.05) is 60.7 Å². The maximum Gasteiger partial charge on any atom is 0.242 e. The van der Waals surface area contributed by atoms with Gasteiger partial charge in [0.05, 0.1) is 19.3 Å². The van der Waals surface area contributed by atoms with Crippen molar-refractivity contribution in [1.82, 2.24) is 25.5 Å². The van der Waals surface area contributed by atoms with Crippen LogP contribution in [-0.4, -0.2) is 32.7 Å². The van der Waals surface area contributed by atoms with Crippen LogP contribution in [-0.2, 0) is 22.7 Å². The minimum atomic E-state index is -0.242. The third kappa shape index (κ3) is 5.22. The number of benzene rings is 2. The van der Waals surface area contributed by atoms with Gasteiger partial charge < -0.3 is 10.1 Å². The van der Waals surface area contributed by atoms with E-state index in [1.165, 1.54) is 11.0 Å². The summed E-state index contributed by atoms with van der Waals surface area (Å²) in [7, 11) is 0. The van der Waals surface area contributed by atoms with E-state index in [0.717, 1.165) is 11.1 Å². The second kappa shape index (κ2) is 8.70. The minimum Gasteiger partial charge on any atom is -0.374 e. The first-order chi connectivity index (χ1) is 12.3. The van der Waals surface area contributed by atoms with Crippen LogP contribution in [0, 0.1) is 0 Å². The molecule has 0 aliphatic heterocycles. The Balaban J connectivity index is 1.60. The number of nitrogens with one attached hydrogen (secondary N) is 1. The van der Waals surface area contributed by atoms with Crippen LogP contribution in [0.5, 0.6) is 0 Å². The van der Waals surface area contributed by atoms with Crippen LogP contribution < -0.4 is 5.32 Å². The number of ether oxygens (including phenoxy) is 1. The predicted octanol–water partition coefficient (Wildman–Crippen LogP) is 1.75. The van der Waals surface area contributed by atoms with Gasteiger partial charge in [-0.3, -0.25) is 4.79 Å². The van der Waals surface area contributed by atoms with E-state index in [4.69, 9.17) is 4.74 Å². The van der Waals surface area contributed by atoms with Gasteiger partial charge in [-0.05, 0) is 21.6 Å². The maximum absolute atomic E-state index is 12.2. The van der Waals surface area contributed by atoms with Gasteiger partial charge in [-0.15, -0.1) is 5.10 Å². The molecule has 0 bridgehead atoms. The second-order valence-corrected chi connectivity index (χ2v) is 5.54. The Bertz CT molecular complexity index is 763. The number of amides is 1. The van der Waals surface area contributed by atoms with Gasteiger partial charge in [0.15, 0.2) is 0 Å². The number of carbonyl (C=O) groups excluding carboxylic acids is 1. The zero-order chi connectivity index (χ0) is 17.3. The van der Waals surface area contributed by atoms with E-state index in [2.05, 4.69) is 20.8 Å². The van der Waals surface area contributed by atoms with Crippen LogP contribution in [0.25, 0.3) is 0 Å². The van der Waals surface area contributed by atoms with Crippen molar-refractivity contribution in [2.45, 2.75) is 19.2 Å². The third-order valence-electron chi connectivity index (χ3n) is 3.63. The van der Waals surface area contributed by atoms with E-state index in [9.17, 15) is 4.79 Å². The van der Waals surface area contributed by atoms with Crippen molar-refractivity contribution in [3.63, 3.8) is 0 Å². The van der Waals surface area contributed by atoms with Gasteiger partial charge in [0.1, 0.15) is 12.9 Å². The Hall–Kier alpha value is -3.06. The number of nitrogens with zero attached hydrogens (tertiary/aromatic N) is 4. The van der Waals surface area contributed by atoms with E-state index >= 15 is 0 Å². The number of rotatable bonds is 8. The molecule has 1 amide bonds. The van der Waals surface area contributed by atoms with Gasteiger partial charge in [-0.25, -0.2) is 4.68 Å². The molecule has 3 rings (SSSR count). The molecule has 7 heteroatoms. The number of aromatic nitrogens is 4. The summed E-state index contributed by atoms with van der Waals surface area (Å²) in [6.45, 7) is 0.933. The molecule has 1 atom stereocenters. The Kier molecular flexibility index (Phi) is 5.84. The molecule has 25 heavy (non-hydrogen) atoms. The van der Waals surface area contributed by atoms with Gasteiger partial charge in [0.25, 0.3) is 0 Å². The molecule has 0 saturated carbocycles. The molecule has 3 aromatic rings. The van der Waals surface area contributed by atoms with E-state index in [1.807, 2.05) is 60.7 Å². The molecule has 2 aromatic carbocycles. The van der Waals surface area contributed by atoms with Crippen molar-refractivity contribution in [2.75, 3.05) is 6.61 Å². The second-order valence-electron chi connectivity index (χ2n) is 5.54. The predicted molar refractivity (Wildman–Crippen MR) is 91.2 cm³/mol. The normalized spacial score (nSPS) is 11.8. The summed E-state index contributed by atoms with van der Waals surface area (Å²) in [5.74, 6) is -0.176. The molecule has 1 heterocycles. The fraction of sp³-hybridized carbons (Fsp3) is 0.222. The van der Waals surface area contributed by atoms with Crippen molar-refractivity contribution in [1.29, 1.82) is 0 Å². The lowest BCUT2D eigenvalue weighted by molar-refractivity contribution is -0.123. The highest BCUT2D eigenvalue weighted by molar-refractivity contribution is 5.76. The first kappa shape index (κ1) is 16.8. The summed E-state index contributed by atoms with van der Waals surface area (Å²) in [5, 5.41) is 13.7.